The van der Waals surface area contributed by atoms with E-state index in [1.807, 2.05) is 41.6 Å². The first-order chi connectivity index (χ1) is 11.2. The molecule has 1 aliphatic heterocycles. The molecular weight excluding hydrogens is 330 g/mol. The van der Waals surface area contributed by atoms with Gasteiger partial charge >= 0.3 is 0 Å². The molecule has 0 unspecified atom stereocenters. The van der Waals surface area contributed by atoms with Crippen molar-refractivity contribution in [2.75, 3.05) is 20.1 Å². The summed E-state index contributed by atoms with van der Waals surface area (Å²) >= 11 is 7.74. The van der Waals surface area contributed by atoms with Crippen molar-refractivity contribution in [3.63, 3.8) is 0 Å². The molecule has 0 aliphatic carbocycles. The Bertz CT molecular complexity index is 680. The molecule has 1 N–H and O–H groups in total. The quantitative estimate of drug-likeness (QED) is 0.921. The van der Waals surface area contributed by atoms with E-state index in [0.717, 1.165) is 42.2 Å². The van der Waals surface area contributed by atoms with E-state index in [4.69, 9.17) is 11.6 Å². The van der Waals surface area contributed by atoms with Crippen molar-refractivity contribution in [1.82, 2.24) is 15.2 Å². The first-order valence-electron chi connectivity index (χ1n) is 7.81. The van der Waals surface area contributed by atoms with Crippen molar-refractivity contribution in [3.8, 4) is 10.6 Å². The van der Waals surface area contributed by atoms with Gasteiger partial charge in [-0.15, -0.1) is 11.3 Å². The molecule has 0 spiro atoms. The third kappa shape index (κ3) is 3.91. The lowest BCUT2D eigenvalue weighted by Gasteiger charge is -2.31. The zero-order chi connectivity index (χ0) is 16.2. The van der Waals surface area contributed by atoms with E-state index in [2.05, 4.69) is 10.3 Å². The lowest BCUT2D eigenvalue weighted by Crippen LogP contribution is -2.44. The van der Waals surface area contributed by atoms with Crippen LogP contribution in [0, 0.1) is 0 Å². The van der Waals surface area contributed by atoms with Gasteiger partial charge in [-0.25, -0.2) is 4.98 Å². The van der Waals surface area contributed by atoms with Crippen molar-refractivity contribution in [3.05, 3.63) is 40.4 Å². The van der Waals surface area contributed by atoms with Crippen molar-refractivity contribution in [2.24, 2.45) is 0 Å². The molecule has 1 saturated heterocycles. The predicted octanol–water partition coefficient (Wildman–Crippen LogP) is 3.22. The van der Waals surface area contributed by atoms with E-state index < -0.39 is 0 Å². The van der Waals surface area contributed by atoms with Crippen LogP contribution < -0.4 is 5.32 Å². The number of rotatable bonds is 4. The largest absolute Gasteiger partial charge is 0.342 e. The molecule has 1 aromatic carbocycles. The highest BCUT2D eigenvalue weighted by molar-refractivity contribution is 7.13. The van der Waals surface area contributed by atoms with Crippen LogP contribution in [0.5, 0.6) is 0 Å². The van der Waals surface area contributed by atoms with Gasteiger partial charge in [-0.1, -0.05) is 29.8 Å². The fraction of sp³-hybridized carbons (Fsp3) is 0.412. The number of likely N-dealkylation sites (tertiary alicyclic amines) is 1. The summed E-state index contributed by atoms with van der Waals surface area (Å²) in [4.78, 5) is 18.9. The molecule has 4 nitrogen and oxygen atoms in total. The van der Waals surface area contributed by atoms with E-state index >= 15 is 0 Å². The number of hydrogen-bond donors (Lipinski definition) is 1. The highest BCUT2D eigenvalue weighted by atomic mass is 35.5. The third-order valence-corrected chi connectivity index (χ3v) is 5.50. The van der Waals surface area contributed by atoms with Gasteiger partial charge in [0.2, 0.25) is 5.91 Å². The Morgan fingerprint density at radius 2 is 2.13 bits per heavy atom. The fourth-order valence-electron chi connectivity index (χ4n) is 2.83. The normalized spacial score (nSPS) is 15.8. The Hall–Kier alpha value is -1.43. The standard InChI is InChI=1S/C17H20ClN3OS/c1-19-12-6-8-21(9-7-12)16(22)10-13-11-23-17(20-13)14-4-2-3-5-15(14)18/h2-5,11-12,19H,6-10H2,1H3. The third-order valence-electron chi connectivity index (χ3n) is 4.24. The number of aromatic nitrogens is 1. The number of halogens is 1. The second-order valence-corrected chi connectivity index (χ2v) is 7.01. The van der Waals surface area contributed by atoms with Gasteiger partial charge in [0.05, 0.1) is 17.1 Å². The Balaban J connectivity index is 1.63. The van der Waals surface area contributed by atoms with Gasteiger partial charge < -0.3 is 10.2 Å². The van der Waals surface area contributed by atoms with E-state index in [-0.39, 0.29) is 5.91 Å². The molecule has 2 heterocycles. The van der Waals surface area contributed by atoms with Crippen molar-refractivity contribution >= 4 is 28.8 Å². The number of nitrogens with one attached hydrogen (secondary N) is 1. The molecule has 1 fully saturated rings. The second-order valence-electron chi connectivity index (χ2n) is 5.74. The van der Waals surface area contributed by atoms with Crippen LogP contribution in [-0.2, 0) is 11.2 Å². The maximum absolute atomic E-state index is 12.4. The maximum atomic E-state index is 12.4. The minimum atomic E-state index is 0.163. The van der Waals surface area contributed by atoms with E-state index in [0.29, 0.717) is 17.5 Å². The molecular formula is C17H20ClN3OS. The second kappa shape index (κ2) is 7.43. The van der Waals surface area contributed by atoms with Crippen molar-refractivity contribution < 1.29 is 4.79 Å². The van der Waals surface area contributed by atoms with E-state index in [1.165, 1.54) is 11.3 Å². The van der Waals surface area contributed by atoms with Gasteiger partial charge in [-0.2, -0.15) is 0 Å². The summed E-state index contributed by atoms with van der Waals surface area (Å²) in [6.45, 7) is 1.65. The number of nitrogens with zero attached hydrogens (tertiary/aromatic N) is 2. The number of benzene rings is 1. The average molecular weight is 350 g/mol. The molecule has 1 aromatic heterocycles. The van der Waals surface area contributed by atoms with Crippen LogP contribution in [0.15, 0.2) is 29.6 Å². The van der Waals surface area contributed by atoms with Crippen LogP contribution in [0.1, 0.15) is 18.5 Å². The number of carbonyl (C=O) groups is 1. The molecule has 0 atom stereocenters. The van der Waals surface area contributed by atoms with Crippen LogP contribution >= 0.6 is 22.9 Å². The topological polar surface area (TPSA) is 45.2 Å². The van der Waals surface area contributed by atoms with E-state index in [1.54, 1.807) is 0 Å². The zero-order valence-electron chi connectivity index (χ0n) is 13.1. The Morgan fingerprint density at radius 3 is 2.83 bits per heavy atom. The molecule has 6 heteroatoms. The van der Waals surface area contributed by atoms with Gasteiger partial charge in [0.25, 0.3) is 0 Å². The Labute approximate surface area is 145 Å². The number of piperidine rings is 1. The van der Waals surface area contributed by atoms with Gasteiger partial charge in [0, 0.05) is 30.1 Å². The van der Waals surface area contributed by atoms with Gasteiger partial charge in [0.15, 0.2) is 0 Å². The van der Waals surface area contributed by atoms with Crippen molar-refractivity contribution in [2.45, 2.75) is 25.3 Å². The summed E-state index contributed by atoms with van der Waals surface area (Å²) in [5.74, 6) is 0.163. The highest BCUT2D eigenvalue weighted by Gasteiger charge is 2.22. The van der Waals surface area contributed by atoms with Gasteiger partial charge in [-0.3, -0.25) is 4.79 Å². The molecule has 23 heavy (non-hydrogen) atoms. The van der Waals surface area contributed by atoms with Crippen LogP contribution in [0.25, 0.3) is 10.6 Å². The van der Waals surface area contributed by atoms with Gasteiger partial charge in [0.1, 0.15) is 5.01 Å². The number of carbonyl (C=O) groups excluding carboxylic acids is 1. The lowest BCUT2D eigenvalue weighted by atomic mass is 10.0. The molecule has 122 valence electrons. The SMILES string of the molecule is CNC1CCN(C(=O)Cc2csc(-c3ccccc3Cl)n2)CC1. The zero-order valence-corrected chi connectivity index (χ0v) is 14.7. The van der Waals surface area contributed by atoms with E-state index in [9.17, 15) is 4.79 Å². The van der Waals surface area contributed by atoms with Crippen LogP contribution in [0.4, 0.5) is 0 Å². The highest BCUT2D eigenvalue weighted by Crippen LogP contribution is 2.30. The molecule has 0 saturated carbocycles. The number of thiazole rings is 1. The molecule has 3 rings (SSSR count). The first kappa shape index (κ1) is 16.4. The smallest absolute Gasteiger partial charge is 0.228 e. The summed E-state index contributed by atoms with van der Waals surface area (Å²) in [7, 11) is 1.98. The van der Waals surface area contributed by atoms with Crippen LogP contribution in [-0.4, -0.2) is 42.0 Å². The number of hydrogen-bond acceptors (Lipinski definition) is 4. The monoisotopic (exact) mass is 349 g/mol. The maximum Gasteiger partial charge on any atom is 0.228 e. The fourth-order valence-corrected chi connectivity index (χ4v) is 3.97. The Morgan fingerprint density at radius 1 is 1.39 bits per heavy atom. The lowest BCUT2D eigenvalue weighted by molar-refractivity contribution is -0.131. The molecule has 0 radical (unpaired) electrons. The van der Waals surface area contributed by atoms with Crippen LogP contribution in [0.3, 0.4) is 0 Å². The summed E-state index contributed by atoms with van der Waals surface area (Å²) in [5, 5.41) is 6.79. The predicted molar refractivity (Wildman–Crippen MR) is 94.9 cm³/mol. The average Bonchev–Trinajstić information content (AvgIpc) is 3.03. The van der Waals surface area contributed by atoms with Crippen LogP contribution in [0.2, 0.25) is 5.02 Å². The molecule has 2 aromatic rings. The van der Waals surface area contributed by atoms with Crippen molar-refractivity contribution in [1.29, 1.82) is 0 Å². The summed E-state index contributed by atoms with van der Waals surface area (Å²) in [6.07, 6.45) is 2.40. The van der Waals surface area contributed by atoms with Gasteiger partial charge in [-0.05, 0) is 26.0 Å². The molecule has 1 aliphatic rings. The molecule has 0 bridgehead atoms. The number of amides is 1. The minimum Gasteiger partial charge on any atom is -0.342 e. The summed E-state index contributed by atoms with van der Waals surface area (Å²) < 4.78 is 0. The first-order valence-corrected chi connectivity index (χ1v) is 9.07. The molecule has 1 amide bonds. The summed E-state index contributed by atoms with van der Waals surface area (Å²) in [6, 6.07) is 8.19. The Kier molecular flexibility index (Phi) is 5.30. The summed E-state index contributed by atoms with van der Waals surface area (Å²) in [5.41, 5.74) is 1.75. The minimum absolute atomic E-state index is 0.163.